The predicted molar refractivity (Wildman–Crippen MR) is 42.8 cm³/mol. The van der Waals surface area contributed by atoms with Crippen LogP contribution in [0.25, 0.3) is 0 Å². The molecule has 0 rings (SSSR count). The predicted octanol–water partition coefficient (Wildman–Crippen LogP) is -12.9. The Kier molecular flexibility index (Phi) is 18300. The molecular formula is H16Cl8N4-4. The fraction of sp³-hybridized carbons (Fsp3) is 0. The van der Waals surface area contributed by atoms with Gasteiger partial charge in [-0.15, -0.1) is 37.2 Å². The second-order valence-corrected chi connectivity index (χ2v) is 0. The molecule has 0 aromatic heterocycles. The second kappa shape index (κ2) is 417. The number of halogens is 8. The summed E-state index contributed by atoms with van der Waals surface area (Å²) in [7, 11) is 0. The van der Waals surface area contributed by atoms with Crippen LogP contribution in [0.2, 0.25) is 0 Å². The van der Waals surface area contributed by atoms with Crippen molar-refractivity contribution in [3.05, 3.63) is 0 Å². The Balaban J connectivity index is 0. The highest BCUT2D eigenvalue weighted by molar-refractivity contribution is 5.86. The van der Waals surface area contributed by atoms with Gasteiger partial charge in [0.2, 0.25) is 0 Å². The van der Waals surface area contributed by atoms with Crippen molar-refractivity contribution in [1.82, 2.24) is 24.6 Å². The molecule has 0 spiro atoms. The summed E-state index contributed by atoms with van der Waals surface area (Å²) in [6.45, 7) is 0. The molecule has 0 aliphatic carbocycles. The molecular weight excluding hydrogens is 340 g/mol. The Morgan fingerprint density at radius 3 is 0.333 bits per heavy atom. The number of hydrogen-bond donors (Lipinski definition) is 4. The van der Waals surface area contributed by atoms with E-state index in [1.54, 1.807) is 0 Å². The van der Waals surface area contributed by atoms with Crippen molar-refractivity contribution in [2.45, 2.75) is 0 Å². The molecule has 0 aromatic rings. The van der Waals surface area contributed by atoms with Crippen molar-refractivity contribution in [2.75, 3.05) is 0 Å². The summed E-state index contributed by atoms with van der Waals surface area (Å²) in [5.74, 6) is 0. The minimum absolute atomic E-state index is 0. The molecule has 0 bridgehead atoms. The average Bonchev–Trinajstić information content (AvgIpc) is 0. The fourth-order valence-electron chi connectivity index (χ4n) is 0. The van der Waals surface area contributed by atoms with Crippen molar-refractivity contribution in [3.63, 3.8) is 0 Å². The van der Waals surface area contributed by atoms with Gasteiger partial charge in [-0.25, -0.2) is 0 Å². The molecule has 96 valence electrons. The van der Waals surface area contributed by atoms with Crippen LogP contribution in [-0.2, 0) is 0 Å². The standard InChI is InChI=1S/8ClH.4H3N/h8*1H;4*1H3/p-4. The molecule has 4 nitrogen and oxygen atoms in total. The highest BCUT2D eigenvalue weighted by Gasteiger charge is -0.145. The van der Waals surface area contributed by atoms with Crippen LogP contribution in [0, 0.1) is 0 Å². The quantitative estimate of drug-likeness (QED) is 0.343. The highest BCUT2D eigenvalue weighted by atomic mass is 35.5. The van der Waals surface area contributed by atoms with Crippen molar-refractivity contribution in [2.24, 2.45) is 0 Å². The SMILES string of the molecule is Cl.Cl.Cl.N.N.N.[Cl-].[Cl-].[Cl-].[Cl-].[Cl-].[NH4+]. The van der Waals surface area contributed by atoms with E-state index in [1.807, 2.05) is 0 Å². The highest BCUT2D eigenvalue weighted by Crippen LogP contribution is 0.692. The van der Waals surface area contributed by atoms with Crippen molar-refractivity contribution in [1.29, 1.82) is 0 Å². The minimum atomic E-state index is 0. The van der Waals surface area contributed by atoms with Gasteiger partial charge in [0.05, 0.1) is 0 Å². The van der Waals surface area contributed by atoms with Crippen LogP contribution < -0.4 is 86.6 Å². The summed E-state index contributed by atoms with van der Waals surface area (Å²) >= 11 is 0. The first-order valence-corrected chi connectivity index (χ1v) is 0. The van der Waals surface area contributed by atoms with E-state index in [4.69, 9.17) is 0 Å². The Bertz CT molecular complexity index is 11.0. The van der Waals surface area contributed by atoms with Gasteiger partial charge in [-0.05, 0) is 0 Å². The molecule has 0 radical (unpaired) electrons. The van der Waals surface area contributed by atoms with E-state index < -0.39 is 0 Å². The Hall–Kier alpha value is 2.16. The maximum absolute atomic E-state index is 0. The Labute approximate surface area is 123 Å². The van der Waals surface area contributed by atoms with Gasteiger partial charge in [0.15, 0.2) is 0 Å². The van der Waals surface area contributed by atoms with Crippen LogP contribution in [0.3, 0.4) is 0 Å². The van der Waals surface area contributed by atoms with E-state index in [2.05, 4.69) is 0 Å². The van der Waals surface area contributed by atoms with Crippen molar-refractivity contribution >= 4 is 37.2 Å². The largest absolute Gasteiger partial charge is 1.00 e. The molecule has 0 atom stereocenters. The van der Waals surface area contributed by atoms with Gasteiger partial charge >= 0.3 is 0 Å². The van der Waals surface area contributed by atoms with Crippen LogP contribution in [0.4, 0.5) is 0 Å². The lowest BCUT2D eigenvalue weighted by atomic mass is 14.0. The molecule has 0 aliphatic heterocycles. The van der Waals surface area contributed by atoms with Crippen LogP contribution in [-0.4, -0.2) is 0 Å². The third-order valence-corrected chi connectivity index (χ3v) is 0. The normalized spacial score (nSPS) is 0. The topological polar surface area (TPSA) is 142 Å². The molecule has 0 fully saturated rings. The molecule has 0 amide bonds. The smallest absolute Gasteiger partial charge is 0.147 e. The first-order valence-electron chi connectivity index (χ1n) is 0. The molecule has 0 aliphatic rings. The average molecular weight is 356 g/mol. The number of hydrogen-bond acceptors (Lipinski definition) is 3. The van der Waals surface area contributed by atoms with Crippen molar-refractivity contribution in [3.8, 4) is 0 Å². The summed E-state index contributed by atoms with van der Waals surface area (Å²) in [5.41, 5.74) is 0. The first kappa shape index (κ1) is 526. The van der Waals surface area contributed by atoms with Gasteiger partial charge in [-0.3, -0.25) is 0 Å². The third kappa shape index (κ3) is 325. The zero-order valence-electron chi connectivity index (χ0n) is 6.24. The van der Waals surface area contributed by atoms with Gasteiger partial charge < -0.3 is 86.6 Å². The van der Waals surface area contributed by atoms with E-state index in [0.717, 1.165) is 0 Å². The number of quaternary nitrogens is 1. The second-order valence-electron chi connectivity index (χ2n) is 0. The molecule has 12 heteroatoms. The maximum Gasteiger partial charge on any atom is -0.147 e. The molecule has 0 saturated heterocycles. The Morgan fingerprint density at radius 2 is 0.333 bits per heavy atom. The van der Waals surface area contributed by atoms with E-state index in [1.165, 1.54) is 0 Å². The van der Waals surface area contributed by atoms with Crippen LogP contribution in [0.1, 0.15) is 0 Å². The van der Waals surface area contributed by atoms with E-state index in [-0.39, 0.29) is 124 Å². The fourth-order valence-corrected chi connectivity index (χ4v) is 0. The van der Waals surface area contributed by atoms with Gasteiger partial charge in [0.1, 0.15) is 0 Å². The van der Waals surface area contributed by atoms with Crippen LogP contribution >= 0.6 is 37.2 Å². The molecule has 0 saturated carbocycles. The lowest BCUT2D eigenvalue weighted by molar-refractivity contribution is -0.00100. The molecule has 0 heterocycles. The first-order chi connectivity index (χ1) is 0. The number of rotatable bonds is 0. The summed E-state index contributed by atoms with van der Waals surface area (Å²) in [4.78, 5) is 0. The summed E-state index contributed by atoms with van der Waals surface area (Å²) < 4.78 is 0. The van der Waals surface area contributed by atoms with Gasteiger partial charge in [-0.1, -0.05) is 0 Å². The van der Waals surface area contributed by atoms with Crippen LogP contribution in [0.15, 0.2) is 0 Å². The van der Waals surface area contributed by atoms with Gasteiger partial charge in [-0.2, -0.15) is 0 Å². The summed E-state index contributed by atoms with van der Waals surface area (Å²) in [6.07, 6.45) is 0. The molecule has 0 unspecified atom stereocenters. The summed E-state index contributed by atoms with van der Waals surface area (Å²) in [6, 6.07) is 0. The van der Waals surface area contributed by atoms with E-state index in [9.17, 15) is 0 Å². The van der Waals surface area contributed by atoms with E-state index >= 15 is 0 Å². The summed E-state index contributed by atoms with van der Waals surface area (Å²) in [5, 5.41) is 0. The third-order valence-electron chi connectivity index (χ3n) is 0. The minimum Gasteiger partial charge on any atom is -1.00 e. The zero-order valence-corrected chi connectivity index (χ0v) is 12.5. The zero-order chi connectivity index (χ0) is 0. The maximum atomic E-state index is 0. The molecule has 13 N–H and O–H groups in total. The van der Waals surface area contributed by atoms with Crippen molar-refractivity contribution < 1.29 is 62.0 Å². The monoisotopic (exact) mass is 352 g/mol. The Morgan fingerprint density at radius 1 is 0.333 bits per heavy atom. The molecule has 12 heavy (non-hydrogen) atoms. The lowest BCUT2D eigenvalue weighted by Crippen LogP contribution is -3.00. The lowest BCUT2D eigenvalue weighted by Gasteiger charge is -1.00. The van der Waals surface area contributed by atoms with Gasteiger partial charge in [0.25, 0.3) is 0 Å². The van der Waals surface area contributed by atoms with E-state index in [0.29, 0.717) is 0 Å². The van der Waals surface area contributed by atoms with Gasteiger partial charge in [0, 0.05) is 0 Å². The molecule has 0 aromatic carbocycles. The van der Waals surface area contributed by atoms with Crippen LogP contribution in [0.5, 0.6) is 0 Å².